The highest BCUT2D eigenvalue weighted by Gasteiger charge is 2.22. The van der Waals surface area contributed by atoms with Gasteiger partial charge in [0, 0.05) is 18.5 Å². The van der Waals surface area contributed by atoms with Gasteiger partial charge in [-0.3, -0.25) is 4.79 Å². The van der Waals surface area contributed by atoms with Crippen LogP contribution in [0.1, 0.15) is 37.8 Å². The Morgan fingerprint density at radius 3 is 2.65 bits per heavy atom. The lowest BCUT2D eigenvalue weighted by Gasteiger charge is -2.06. The molecule has 1 aromatic carbocycles. The topological polar surface area (TPSA) is 34.9 Å². The smallest absolute Gasteiger partial charge is 0.136 e. The summed E-state index contributed by atoms with van der Waals surface area (Å²) in [6.45, 7) is 0. The molecule has 3 rings (SSSR count). The number of Topliss-reactive ketones (excluding diaryl/α,β-unsaturated/α-hetero) is 1. The lowest BCUT2D eigenvalue weighted by atomic mass is 9.98. The van der Waals surface area contributed by atoms with Crippen LogP contribution in [-0.4, -0.2) is 15.6 Å². The summed E-state index contributed by atoms with van der Waals surface area (Å²) in [6.07, 6.45) is 7.99. The monoisotopic (exact) mass is 268 g/mol. The molecule has 0 spiro atoms. The van der Waals surface area contributed by atoms with E-state index in [1.165, 1.54) is 12.8 Å². The van der Waals surface area contributed by atoms with Gasteiger partial charge in [-0.05, 0) is 37.5 Å². The highest BCUT2D eigenvalue weighted by molar-refractivity contribution is 5.81. The zero-order valence-corrected chi connectivity index (χ0v) is 11.7. The average Bonchev–Trinajstić information content (AvgIpc) is 3.17. The third-order valence-corrected chi connectivity index (χ3v) is 4.10. The number of nitrogens with zero attached hydrogens (tertiary/aromatic N) is 2. The van der Waals surface area contributed by atoms with Crippen molar-refractivity contribution in [1.82, 2.24) is 9.78 Å². The van der Waals surface area contributed by atoms with E-state index in [-0.39, 0.29) is 0 Å². The molecule has 0 amide bonds. The minimum atomic E-state index is 0.325. The van der Waals surface area contributed by atoms with Crippen LogP contribution in [-0.2, 0) is 11.2 Å². The fraction of sp³-hybridized carbons (Fsp3) is 0.412. The van der Waals surface area contributed by atoms with Crippen LogP contribution in [0.15, 0.2) is 42.6 Å². The van der Waals surface area contributed by atoms with Gasteiger partial charge in [0.1, 0.15) is 5.78 Å². The SMILES string of the molecule is O=C(CCc1ccn(-c2ccccc2)n1)C1CCCC1. The van der Waals surface area contributed by atoms with Crippen LogP contribution in [0.2, 0.25) is 0 Å². The predicted molar refractivity (Wildman–Crippen MR) is 78.9 cm³/mol. The second-order valence-corrected chi connectivity index (χ2v) is 5.53. The van der Waals surface area contributed by atoms with Crippen molar-refractivity contribution in [2.24, 2.45) is 5.92 Å². The van der Waals surface area contributed by atoms with Crippen LogP contribution in [0.4, 0.5) is 0 Å². The van der Waals surface area contributed by atoms with E-state index in [1.807, 2.05) is 47.3 Å². The fourth-order valence-electron chi connectivity index (χ4n) is 2.92. The van der Waals surface area contributed by atoms with E-state index in [1.54, 1.807) is 0 Å². The molecule has 0 saturated heterocycles. The highest BCUT2D eigenvalue weighted by Crippen LogP contribution is 2.26. The second kappa shape index (κ2) is 6.04. The average molecular weight is 268 g/mol. The Kier molecular flexibility index (Phi) is 3.95. The summed E-state index contributed by atoms with van der Waals surface area (Å²) in [5.74, 6) is 0.753. The molecule has 0 atom stereocenters. The number of carbonyl (C=O) groups is 1. The van der Waals surface area contributed by atoms with Crippen LogP contribution in [0.3, 0.4) is 0 Å². The Balaban J connectivity index is 1.59. The quantitative estimate of drug-likeness (QED) is 0.831. The fourth-order valence-corrected chi connectivity index (χ4v) is 2.92. The van der Waals surface area contributed by atoms with Gasteiger partial charge in [0.25, 0.3) is 0 Å². The van der Waals surface area contributed by atoms with E-state index < -0.39 is 0 Å². The molecule has 0 aliphatic heterocycles. The Labute approximate surface area is 119 Å². The van der Waals surface area contributed by atoms with Gasteiger partial charge >= 0.3 is 0 Å². The summed E-state index contributed by atoms with van der Waals surface area (Å²) in [5, 5.41) is 4.54. The first-order chi connectivity index (χ1) is 9.83. The maximum Gasteiger partial charge on any atom is 0.136 e. The Bertz CT molecular complexity index is 568. The molecule has 3 nitrogen and oxygen atoms in total. The molecule has 0 N–H and O–H groups in total. The van der Waals surface area contributed by atoms with Crippen molar-refractivity contribution < 1.29 is 4.79 Å². The molecule has 1 aliphatic carbocycles. The number of benzene rings is 1. The molecule has 0 radical (unpaired) electrons. The Morgan fingerprint density at radius 2 is 1.90 bits per heavy atom. The van der Waals surface area contributed by atoms with Crippen molar-refractivity contribution in [2.45, 2.75) is 38.5 Å². The van der Waals surface area contributed by atoms with Crippen LogP contribution < -0.4 is 0 Å². The van der Waals surface area contributed by atoms with Gasteiger partial charge < -0.3 is 0 Å². The van der Waals surface area contributed by atoms with Crippen LogP contribution in [0.25, 0.3) is 5.69 Å². The van der Waals surface area contributed by atoms with Gasteiger partial charge in [0.2, 0.25) is 0 Å². The summed E-state index contributed by atoms with van der Waals surface area (Å²) in [6, 6.07) is 12.1. The van der Waals surface area contributed by atoms with Gasteiger partial charge in [0.15, 0.2) is 0 Å². The van der Waals surface area contributed by atoms with E-state index in [0.29, 0.717) is 18.1 Å². The van der Waals surface area contributed by atoms with E-state index in [2.05, 4.69) is 5.10 Å². The number of ketones is 1. The highest BCUT2D eigenvalue weighted by atomic mass is 16.1. The molecular weight excluding hydrogens is 248 g/mol. The van der Waals surface area contributed by atoms with Crippen molar-refractivity contribution in [3.8, 4) is 5.69 Å². The second-order valence-electron chi connectivity index (χ2n) is 5.53. The first-order valence-electron chi connectivity index (χ1n) is 7.45. The number of para-hydroxylation sites is 1. The number of hydrogen-bond donors (Lipinski definition) is 0. The molecule has 1 aromatic heterocycles. The van der Waals surface area contributed by atoms with Gasteiger partial charge in [-0.1, -0.05) is 31.0 Å². The van der Waals surface area contributed by atoms with Crippen molar-refractivity contribution in [3.63, 3.8) is 0 Å². The largest absolute Gasteiger partial charge is 0.299 e. The maximum absolute atomic E-state index is 12.1. The molecule has 0 bridgehead atoms. The molecular formula is C17H20N2O. The minimum absolute atomic E-state index is 0.325. The van der Waals surface area contributed by atoms with Crippen molar-refractivity contribution in [1.29, 1.82) is 0 Å². The molecule has 3 heteroatoms. The molecule has 20 heavy (non-hydrogen) atoms. The van der Waals surface area contributed by atoms with Gasteiger partial charge in [0.05, 0.1) is 11.4 Å². The number of carbonyl (C=O) groups excluding carboxylic acids is 1. The van der Waals surface area contributed by atoms with Crippen LogP contribution in [0, 0.1) is 5.92 Å². The molecule has 2 aromatic rings. The third-order valence-electron chi connectivity index (χ3n) is 4.10. The van der Waals surface area contributed by atoms with Crippen LogP contribution >= 0.6 is 0 Å². The molecule has 1 fully saturated rings. The summed E-state index contributed by atoms with van der Waals surface area (Å²) in [7, 11) is 0. The van der Waals surface area contributed by atoms with Crippen molar-refractivity contribution >= 4 is 5.78 Å². The number of rotatable bonds is 5. The minimum Gasteiger partial charge on any atom is -0.299 e. The summed E-state index contributed by atoms with van der Waals surface area (Å²) in [5.41, 5.74) is 2.06. The zero-order chi connectivity index (χ0) is 13.8. The Hall–Kier alpha value is -1.90. The standard InChI is InChI=1S/C17H20N2O/c20-17(14-6-4-5-7-14)11-10-15-12-13-19(18-15)16-8-2-1-3-9-16/h1-3,8-9,12-14H,4-7,10-11H2. The molecule has 1 saturated carbocycles. The first-order valence-corrected chi connectivity index (χ1v) is 7.45. The van der Waals surface area contributed by atoms with Crippen molar-refractivity contribution in [2.75, 3.05) is 0 Å². The predicted octanol–water partition coefficient (Wildman–Crippen LogP) is 3.56. The van der Waals surface area contributed by atoms with Crippen LogP contribution in [0.5, 0.6) is 0 Å². The molecule has 1 heterocycles. The summed E-state index contributed by atoms with van der Waals surface area (Å²) >= 11 is 0. The van der Waals surface area contributed by atoms with Gasteiger partial charge in [-0.25, -0.2) is 4.68 Å². The molecule has 1 aliphatic rings. The summed E-state index contributed by atoms with van der Waals surface area (Å²) in [4.78, 5) is 12.1. The van der Waals surface area contributed by atoms with E-state index in [9.17, 15) is 4.79 Å². The van der Waals surface area contributed by atoms with E-state index in [4.69, 9.17) is 0 Å². The lowest BCUT2D eigenvalue weighted by Crippen LogP contribution is -2.11. The normalized spacial score (nSPS) is 15.6. The zero-order valence-electron chi connectivity index (χ0n) is 11.7. The molecule has 0 unspecified atom stereocenters. The van der Waals surface area contributed by atoms with E-state index in [0.717, 1.165) is 30.6 Å². The maximum atomic E-state index is 12.1. The Morgan fingerprint density at radius 1 is 1.15 bits per heavy atom. The first kappa shape index (κ1) is 13.1. The number of hydrogen-bond acceptors (Lipinski definition) is 2. The lowest BCUT2D eigenvalue weighted by molar-refractivity contribution is -0.122. The van der Waals surface area contributed by atoms with Gasteiger partial charge in [-0.2, -0.15) is 5.10 Å². The van der Waals surface area contributed by atoms with E-state index >= 15 is 0 Å². The number of aryl methyl sites for hydroxylation is 1. The van der Waals surface area contributed by atoms with Crippen molar-refractivity contribution in [3.05, 3.63) is 48.3 Å². The number of aromatic nitrogens is 2. The third kappa shape index (κ3) is 2.98. The molecule has 104 valence electrons. The summed E-state index contributed by atoms with van der Waals surface area (Å²) < 4.78 is 1.87. The van der Waals surface area contributed by atoms with Gasteiger partial charge in [-0.15, -0.1) is 0 Å².